The quantitative estimate of drug-likeness (QED) is 0.674. The first-order valence-corrected chi connectivity index (χ1v) is 10.7. The van der Waals surface area contributed by atoms with Gasteiger partial charge in [0.05, 0.1) is 41.0 Å². The number of aliphatic hydroxyl groups is 1. The number of halogens is 3. The fraction of sp³-hybridized carbons (Fsp3) is 0.409. The highest BCUT2D eigenvalue weighted by Crippen LogP contribution is 2.33. The highest BCUT2D eigenvalue weighted by molar-refractivity contribution is 6.42. The molecule has 2 aromatic carbocycles. The van der Waals surface area contributed by atoms with Gasteiger partial charge in [0, 0.05) is 32.1 Å². The number of para-hydroxylation sites is 1. The molecule has 0 spiro atoms. The number of hydrogen-bond acceptors (Lipinski definition) is 5. The van der Waals surface area contributed by atoms with Gasteiger partial charge in [-0.15, -0.1) is 12.4 Å². The normalized spacial score (nSPS) is 21.6. The SMILES string of the molecule is Cl.O=C(c1ccccc1OCC1CNCCOC1c1ccc(Cl)c(Cl)c1)N1CC(O)C1. The zero-order valence-electron chi connectivity index (χ0n) is 16.8. The molecule has 0 aromatic heterocycles. The van der Waals surface area contributed by atoms with Gasteiger partial charge >= 0.3 is 0 Å². The molecule has 2 aliphatic heterocycles. The average Bonchev–Trinajstić information content (AvgIpc) is 2.97. The lowest BCUT2D eigenvalue weighted by Gasteiger charge is -2.36. The van der Waals surface area contributed by atoms with E-state index in [9.17, 15) is 9.90 Å². The summed E-state index contributed by atoms with van der Waals surface area (Å²) >= 11 is 12.3. The first-order chi connectivity index (χ1) is 14.5. The minimum absolute atomic E-state index is 0. The number of β-amino-alcohol motifs (C(OH)–C–C–N with tert-alkyl or cyclic N) is 1. The third-order valence-electron chi connectivity index (χ3n) is 5.40. The van der Waals surface area contributed by atoms with E-state index in [1.54, 1.807) is 23.1 Å². The topological polar surface area (TPSA) is 71.0 Å². The van der Waals surface area contributed by atoms with Crippen molar-refractivity contribution in [1.29, 1.82) is 0 Å². The van der Waals surface area contributed by atoms with Crippen LogP contribution in [0.5, 0.6) is 5.75 Å². The van der Waals surface area contributed by atoms with E-state index in [1.807, 2.05) is 24.3 Å². The van der Waals surface area contributed by atoms with Crippen LogP contribution < -0.4 is 10.1 Å². The molecule has 0 bridgehead atoms. The molecule has 2 N–H and O–H groups in total. The van der Waals surface area contributed by atoms with Gasteiger partial charge < -0.3 is 24.8 Å². The lowest BCUT2D eigenvalue weighted by atomic mass is 9.96. The molecule has 2 heterocycles. The Hall–Kier alpha value is -1.54. The van der Waals surface area contributed by atoms with Crippen LogP contribution in [-0.4, -0.2) is 61.4 Å². The molecule has 2 unspecified atom stereocenters. The Bertz CT molecular complexity index is 908. The molecule has 1 amide bonds. The highest BCUT2D eigenvalue weighted by Gasteiger charge is 2.32. The third-order valence-corrected chi connectivity index (χ3v) is 6.14. The van der Waals surface area contributed by atoms with E-state index in [0.29, 0.717) is 54.2 Å². The fourth-order valence-corrected chi connectivity index (χ4v) is 4.06. The van der Waals surface area contributed by atoms with Crippen LogP contribution in [0.15, 0.2) is 42.5 Å². The molecule has 2 aromatic rings. The first kappa shape index (κ1) is 24.1. The highest BCUT2D eigenvalue weighted by atomic mass is 35.5. The average molecular weight is 488 g/mol. The maximum absolute atomic E-state index is 12.7. The Kier molecular flexibility index (Phi) is 8.44. The molecular formula is C22H25Cl3N2O4. The largest absolute Gasteiger partial charge is 0.492 e. The lowest BCUT2D eigenvalue weighted by molar-refractivity contribution is 0.00499. The molecule has 0 aliphatic carbocycles. The minimum Gasteiger partial charge on any atom is -0.492 e. The Morgan fingerprint density at radius 1 is 1.19 bits per heavy atom. The predicted octanol–water partition coefficient (Wildman–Crippen LogP) is 3.59. The lowest BCUT2D eigenvalue weighted by Crippen LogP contribution is -2.53. The van der Waals surface area contributed by atoms with Crippen LogP contribution in [-0.2, 0) is 4.74 Å². The second-order valence-electron chi connectivity index (χ2n) is 7.60. The van der Waals surface area contributed by atoms with E-state index in [4.69, 9.17) is 32.7 Å². The maximum Gasteiger partial charge on any atom is 0.257 e. The van der Waals surface area contributed by atoms with Crippen molar-refractivity contribution in [2.75, 3.05) is 39.4 Å². The van der Waals surface area contributed by atoms with Gasteiger partial charge in [-0.2, -0.15) is 0 Å². The van der Waals surface area contributed by atoms with Crippen molar-refractivity contribution in [3.63, 3.8) is 0 Å². The molecule has 4 rings (SSSR count). The molecule has 2 aliphatic rings. The van der Waals surface area contributed by atoms with Crippen molar-refractivity contribution in [2.45, 2.75) is 12.2 Å². The maximum atomic E-state index is 12.7. The number of nitrogens with one attached hydrogen (secondary N) is 1. The summed E-state index contributed by atoms with van der Waals surface area (Å²) in [4.78, 5) is 14.3. The molecule has 31 heavy (non-hydrogen) atoms. The summed E-state index contributed by atoms with van der Waals surface area (Å²) in [5, 5.41) is 13.9. The van der Waals surface area contributed by atoms with E-state index < -0.39 is 6.10 Å². The molecule has 6 nitrogen and oxygen atoms in total. The monoisotopic (exact) mass is 486 g/mol. The van der Waals surface area contributed by atoms with E-state index in [-0.39, 0.29) is 30.3 Å². The summed E-state index contributed by atoms with van der Waals surface area (Å²) in [7, 11) is 0. The standard InChI is InChI=1S/C22H24Cl2N2O4.ClH/c23-18-6-5-14(9-19(18)24)21-15(10-25-7-8-29-21)13-30-20-4-2-1-3-17(20)22(28)26-11-16(27)12-26;/h1-6,9,15-16,21,25,27H,7-8,10-13H2;1H. The molecule has 2 fully saturated rings. The van der Waals surface area contributed by atoms with Crippen molar-refractivity contribution in [1.82, 2.24) is 10.2 Å². The fourth-order valence-electron chi connectivity index (χ4n) is 3.75. The van der Waals surface area contributed by atoms with Gasteiger partial charge in [-0.25, -0.2) is 0 Å². The Morgan fingerprint density at radius 2 is 1.97 bits per heavy atom. The number of hydrogen-bond donors (Lipinski definition) is 2. The molecular weight excluding hydrogens is 463 g/mol. The number of carbonyl (C=O) groups is 1. The van der Waals surface area contributed by atoms with Gasteiger partial charge in [0.25, 0.3) is 5.91 Å². The van der Waals surface area contributed by atoms with Crippen molar-refractivity contribution in [2.24, 2.45) is 5.92 Å². The number of benzene rings is 2. The van der Waals surface area contributed by atoms with Crippen LogP contribution in [0.2, 0.25) is 10.0 Å². The summed E-state index contributed by atoms with van der Waals surface area (Å²) in [6.45, 7) is 3.11. The smallest absolute Gasteiger partial charge is 0.257 e. The predicted molar refractivity (Wildman–Crippen MR) is 123 cm³/mol. The molecule has 2 atom stereocenters. The summed E-state index contributed by atoms with van der Waals surface area (Å²) in [6, 6.07) is 12.7. The number of carbonyl (C=O) groups excluding carboxylic acids is 1. The zero-order valence-corrected chi connectivity index (χ0v) is 19.1. The van der Waals surface area contributed by atoms with E-state index in [2.05, 4.69) is 5.32 Å². The zero-order chi connectivity index (χ0) is 21.1. The van der Waals surface area contributed by atoms with E-state index in [1.165, 1.54) is 0 Å². The van der Waals surface area contributed by atoms with Crippen molar-refractivity contribution < 1.29 is 19.4 Å². The molecule has 9 heteroatoms. The third kappa shape index (κ3) is 5.64. The molecule has 168 valence electrons. The van der Waals surface area contributed by atoms with Crippen LogP contribution in [0.1, 0.15) is 22.0 Å². The van der Waals surface area contributed by atoms with Crippen molar-refractivity contribution in [3.05, 3.63) is 63.6 Å². The summed E-state index contributed by atoms with van der Waals surface area (Å²) in [5.41, 5.74) is 1.44. The van der Waals surface area contributed by atoms with Crippen LogP contribution in [0, 0.1) is 5.92 Å². The van der Waals surface area contributed by atoms with E-state index >= 15 is 0 Å². The van der Waals surface area contributed by atoms with Gasteiger partial charge in [-0.3, -0.25) is 4.79 Å². The summed E-state index contributed by atoms with van der Waals surface area (Å²) < 4.78 is 12.2. The van der Waals surface area contributed by atoms with Gasteiger partial charge in [0.2, 0.25) is 0 Å². The Morgan fingerprint density at radius 3 is 2.71 bits per heavy atom. The van der Waals surface area contributed by atoms with Crippen molar-refractivity contribution in [3.8, 4) is 5.75 Å². The van der Waals surface area contributed by atoms with Gasteiger partial charge in [0.1, 0.15) is 5.75 Å². The van der Waals surface area contributed by atoms with Crippen LogP contribution in [0.4, 0.5) is 0 Å². The number of likely N-dealkylation sites (tertiary alicyclic amines) is 1. The Balaban J connectivity index is 0.00000272. The first-order valence-electron chi connectivity index (χ1n) is 9.99. The second-order valence-corrected chi connectivity index (χ2v) is 8.41. The van der Waals surface area contributed by atoms with Crippen LogP contribution in [0.25, 0.3) is 0 Å². The van der Waals surface area contributed by atoms with Crippen LogP contribution in [0.3, 0.4) is 0 Å². The Labute approximate surface area is 197 Å². The van der Waals surface area contributed by atoms with E-state index in [0.717, 1.165) is 12.1 Å². The van der Waals surface area contributed by atoms with Gasteiger partial charge in [-0.05, 0) is 29.8 Å². The van der Waals surface area contributed by atoms with Crippen LogP contribution >= 0.6 is 35.6 Å². The summed E-state index contributed by atoms with van der Waals surface area (Å²) in [5.74, 6) is 0.409. The second kappa shape index (κ2) is 10.9. The molecule has 2 saturated heterocycles. The number of nitrogens with zero attached hydrogens (tertiary/aromatic N) is 1. The number of aliphatic hydroxyl groups excluding tert-OH is 1. The number of rotatable bonds is 5. The molecule has 0 radical (unpaired) electrons. The van der Waals surface area contributed by atoms with Gasteiger partial charge in [-0.1, -0.05) is 41.4 Å². The minimum atomic E-state index is -0.441. The molecule has 0 saturated carbocycles. The van der Waals surface area contributed by atoms with Gasteiger partial charge in [0.15, 0.2) is 0 Å². The summed E-state index contributed by atoms with van der Waals surface area (Å²) in [6.07, 6.45) is -0.647. The number of ether oxygens (including phenoxy) is 2. The number of amides is 1. The van der Waals surface area contributed by atoms with Crippen molar-refractivity contribution >= 4 is 41.5 Å².